The number of hydrogen-bond acceptors (Lipinski definition) is 4. The Balaban J connectivity index is 2.08. The van der Waals surface area contributed by atoms with Gasteiger partial charge in [-0.05, 0) is 42.0 Å². The molecule has 26 heavy (non-hydrogen) atoms. The van der Waals surface area contributed by atoms with Gasteiger partial charge in [0.05, 0.1) is 12.0 Å². The van der Waals surface area contributed by atoms with E-state index < -0.39 is 21.4 Å². The fraction of sp³-hybridized carbons (Fsp3) is 0.333. The van der Waals surface area contributed by atoms with Crippen molar-refractivity contribution in [3.05, 3.63) is 47.3 Å². The van der Waals surface area contributed by atoms with Gasteiger partial charge < -0.3 is 9.47 Å². The van der Waals surface area contributed by atoms with E-state index >= 15 is 0 Å². The van der Waals surface area contributed by atoms with Crippen LogP contribution in [-0.4, -0.2) is 21.3 Å². The molecule has 140 valence electrons. The number of sulfone groups is 1. The van der Waals surface area contributed by atoms with Gasteiger partial charge in [0.15, 0.2) is 0 Å². The molecule has 2 aromatic carbocycles. The SMILES string of the molecule is COc1cc(F)cc(Oc2ccc(S(=O)(=O)C(F)F)c3c2CC[C@H]3C)c1. The van der Waals surface area contributed by atoms with E-state index in [1.54, 1.807) is 6.92 Å². The maximum Gasteiger partial charge on any atom is 0.341 e. The van der Waals surface area contributed by atoms with E-state index in [1.807, 2.05) is 0 Å². The van der Waals surface area contributed by atoms with Crippen molar-refractivity contribution in [3.8, 4) is 17.2 Å². The minimum Gasteiger partial charge on any atom is -0.497 e. The van der Waals surface area contributed by atoms with Crippen LogP contribution in [0, 0.1) is 5.82 Å². The summed E-state index contributed by atoms with van der Waals surface area (Å²) in [5.41, 5.74) is 0.911. The Morgan fingerprint density at radius 1 is 1.15 bits per heavy atom. The van der Waals surface area contributed by atoms with Crippen LogP contribution >= 0.6 is 0 Å². The van der Waals surface area contributed by atoms with Gasteiger partial charge in [-0.25, -0.2) is 12.8 Å². The van der Waals surface area contributed by atoms with Crippen LogP contribution < -0.4 is 9.47 Å². The van der Waals surface area contributed by atoms with Crippen molar-refractivity contribution in [1.29, 1.82) is 0 Å². The molecule has 0 amide bonds. The Bertz CT molecular complexity index is 942. The molecule has 0 unspecified atom stereocenters. The summed E-state index contributed by atoms with van der Waals surface area (Å²) in [6.07, 6.45) is 1.11. The lowest BCUT2D eigenvalue weighted by atomic mass is 10.0. The summed E-state index contributed by atoms with van der Waals surface area (Å²) in [5, 5.41) is 0. The van der Waals surface area contributed by atoms with E-state index in [0.717, 1.165) is 12.1 Å². The number of hydrogen-bond donors (Lipinski definition) is 0. The van der Waals surface area contributed by atoms with Crippen LogP contribution in [0.3, 0.4) is 0 Å². The van der Waals surface area contributed by atoms with Gasteiger partial charge in [-0.3, -0.25) is 0 Å². The van der Waals surface area contributed by atoms with Gasteiger partial charge in [0.2, 0.25) is 9.84 Å². The minimum atomic E-state index is -4.71. The molecule has 0 aliphatic heterocycles. The zero-order valence-corrected chi connectivity index (χ0v) is 14.9. The molecule has 1 aliphatic rings. The first-order chi connectivity index (χ1) is 12.2. The highest BCUT2D eigenvalue weighted by Gasteiger charge is 2.35. The highest BCUT2D eigenvalue weighted by atomic mass is 32.2. The molecule has 2 aromatic rings. The lowest BCUT2D eigenvalue weighted by molar-refractivity contribution is 0.234. The Morgan fingerprint density at radius 2 is 1.85 bits per heavy atom. The van der Waals surface area contributed by atoms with E-state index in [4.69, 9.17) is 9.47 Å². The number of methoxy groups -OCH3 is 1. The lowest BCUT2D eigenvalue weighted by Gasteiger charge is -2.16. The van der Waals surface area contributed by atoms with Crippen molar-refractivity contribution in [3.63, 3.8) is 0 Å². The predicted octanol–water partition coefficient (Wildman–Crippen LogP) is 4.67. The molecule has 0 saturated heterocycles. The van der Waals surface area contributed by atoms with Gasteiger partial charge in [0.25, 0.3) is 0 Å². The molecule has 1 aliphatic carbocycles. The third-order valence-corrected chi connectivity index (χ3v) is 5.88. The van der Waals surface area contributed by atoms with Crippen molar-refractivity contribution in [2.75, 3.05) is 7.11 Å². The molecule has 0 fully saturated rings. The third-order valence-electron chi connectivity index (χ3n) is 4.44. The molecule has 8 heteroatoms. The average Bonchev–Trinajstić information content (AvgIpc) is 2.96. The zero-order valence-electron chi connectivity index (χ0n) is 14.1. The van der Waals surface area contributed by atoms with Crippen LogP contribution in [0.5, 0.6) is 17.2 Å². The van der Waals surface area contributed by atoms with Crippen LogP contribution in [0.25, 0.3) is 0 Å². The summed E-state index contributed by atoms with van der Waals surface area (Å²) in [4.78, 5) is -0.364. The Morgan fingerprint density at radius 3 is 2.50 bits per heavy atom. The van der Waals surface area contributed by atoms with Gasteiger partial charge in [-0.2, -0.15) is 8.78 Å². The minimum absolute atomic E-state index is 0.174. The van der Waals surface area contributed by atoms with Crippen LogP contribution in [-0.2, 0) is 16.3 Å². The first-order valence-corrected chi connectivity index (χ1v) is 9.49. The quantitative estimate of drug-likeness (QED) is 0.749. The molecule has 0 saturated carbocycles. The van der Waals surface area contributed by atoms with Crippen molar-refractivity contribution < 1.29 is 31.1 Å². The van der Waals surface area contributed by atoms with E-state index in [2.05, 4.69) is 0 Å². The number of rotatable bonds is 5. The second-order valence-electron chi connectivity index (χ2n) is 6.13. The molecule has 0 spiro atoms. The van der Waals surface area contributed by atoms with Crippen molar-refractivity contribution in [2.24, 2.45) is 0 Å². The van der Waals surface area contributed by atoms with Gasteiger partial charge in [0, 0.05) is 18.2 Å². The normalized spacial score (nSPS) is 16.6. The molecular formula is C18H17F3O4S. The highest BCUT2D eigenvalue weighted by Crippen LogP contribution is 2.44. The smallest absolute Gasteiger partial charge is 0.341 e. The van der Waals surface area contributed by atoms with Crippen LogP contribution in [0.15, 0.2) is 35.2 Å². The fourth-order valence-electron chi connectivity index (χ4n) is 3.21. The molecule has 1 atom stereocenters. The summed E-state index contributed by atoms with van der Waals surface area (Å²) in [6.45, 7) is 1.78. The molecule has 0 bridgehead atoms. The van der Waals surface area contributed by atoms with Gasteiger partial charge in [-0.15, -0.1) is 0 Å². The Hall–Kier alpha value is -2.22. The van der Waals surface area contributed by atoms with Crippen molar-refractivity contribution >= 4 is 9.84 Å². The molecule has 0 aromatic heterocycles. The third kappa shape index (κ3) is 3.25. The van der Waals surface area contributed by atoms with E-state index in [0.29, 0.717) is 29.7 Å². The topological polar surface area (TPSA) is 52.6 Å². The Labute approximate surface area is 149 Å². The summed E-state index contributed by atoms with van der Waals surface area (Å²) in [7, 11) is -3.32. The standard InChI is InChI=1S/C18H17F3O4S/c1-10-3-4-14-15(25-13-8-11(19)7-12(9-13)24-2)5-6-16(17(10)14)26(22,23)18(20)21/h5-10,18H,3-4H2,1-2H3/t10-/m1/s1. The zero-order chi connectivity index (χ0) is 19.1. The van der Waals surface area contributed by atoms with Crippen molar-refractivity contribution in [1.82, 2.24) is 0 Å². The molecule has 0 heterocycles. The molecule has 0 radical (unpaired) electrons. The average molecular weight is 386 g/mol. The molecular weight excluding hydrogens is 369 g/mol. The lowest BCUT2D eigenvalue weighted by Crippen LogP contribution is -2.14. The van der Waals surface area contributed by atoms with Gasteiger partial charge in [0.1, 0.15) is 23.1 Å². The largest absolute Gasteiger partial charge is 0.497 e. The Kier molecular flexibility index (Phi) is 4.88. The summed E-state index contributed by atoms with van der Waals surface area (Å²) >= 11 is 0. The predicted molar refractivity (Wildman–Crippen MR) is 89.4 cm³/mol. The first-order valence-electron chi connectivity index (χ1n) is 7.94. The second kappa shape index (κ2) is 6.83. The second-order valence-corrected chi connectivity index (χ2v) is 8.01. The number of halogens is 3. The summed E-state index contributed by atoms with van der Waals surface area (Å²) in [6, 6.07) is 6.31. The summed E-state index contributed by atoms with van der Waals surface area (Å²) in [5.74, 6) is -3.47. The summed E-state index contributed by atoms with van der Waals surface area (Å²) < 4.78 is 74.3. The van der Waals surface area contributed by atoms with Gasteiger partial charge in [-0.1, -0.05) is 6.92 Å². The monoisotopic (exact) mass is 386 g/mol. The maximum atomic E-state index is 13.6. The van der Waals surface area contributed by atoms with Gasteiger partial charge >= 0.3 is 5.76 Å². The van der Waals surface area contributed by atoms with E-state index in [-0.39, 0.29) is 22.3 Å². The number of benzene rings is 2. The molecule has 3 rings (SSSR count). The van der Waals surface area contributed by atoms with Crippen LogP contribution in [0.4, 0.5) is 13.2 Å². The number of fused-ring (bicyclic) bond motifs is 1. The van der Waals surface area contributed by atoms with E-state index in [1.165, 1.54) is 25.3 Å². The number of alkyl halides is 2. The van der Waals surface area contributed by atoms with Crippen LogP contribution in [0.1, 0.15) is 30.4 Å². The highest BCUT2D eigenvalue weighted by molar-refractivity contribution is 7.91. The first kappa shape index (κ1) is 18.6. The number of ether oxygens (including phenoxy) is 2. The molecule has 0 N–H and O–H groups in total. The van der Waals surface area contributed by atoms with E-state index in [9.17, 15) is 21.6 Å². The van der Waals surface area contributed by atoms with Crippen LogP contribution in [0.2, 0.25) is 0 Å². The molecule has 4 nitrogen and oxygen atoms in total. The maximum absolute atomic E-state index is 13.6. The fourth-order valence-corrected chi connectivity index (χ4v) is 4.29. The van der Waals surface area contributed by atoms with Crippen molar-refractivity contribution in [2.45, 2.75) is 36.3 Å².